The number of methoxy groups -OCH3 is 1. The lowest BCUT2D eigenvalue weighted by atomic mass is 10.1. The van der Waals surface area contributed by atoms with Gasteiger partial charge in [0.15, 0.2) is 0 Å². The molecule has 10 heteroatoms. The predicted octanol–water partition coefficient (Wildman–Crippen LogP) is 3.42. The molecular formula is C24H25IN4O5. The first-order valence-corrected chi connectivity index (χ1v) is 11.8. The Kier molecular flexibility index (Phi) is 7.49. The average Bonchev–Trinajstić information content (AvgIpc) is 3.44. The minimum Gasteiger partial charge on any atom is -0.491 e. The minimum absolute atomic E-state index is 0.0922. The molecule has 0 saturated carbocycles. The quantitative estimate of drug-likeness (QED) is 0.266. The van der Waals surface area contributed by atoms with Crippen LogP contribution in [0.4, 0.5) is 4.79 Å². The lowest BCUT2D eigenvalue weighted by Gasteiger charge is -2.28. The number of imidazole rings is 1. The number of nitrogens with one attached hydrogen (secondary N) is 2. The monoisotopic (exact) mass is 576 g/mol. The van der Waals surface area contributed by atoms with Crippen molar-refractivity contribution in [2.45, 2.75) is 25.1 Å². The van der Waals surface area contributed by atoms with Crippen molar-refractivity contribution in [2.24, 2.45) is 0 Å². The van der Waals surface area contributed by atoms with Crippen molar-refractivity contribution in [3.8, 4) is 17.0 Å². The zero-order valence-electron chi connectivity index (χ0n) is 18.7. The number of H-pyrrole nitrogens is 1. The maximum Gasteiger partial charge on any atom is 0.325 e. The van der Waals surface area contributed by atoms with Gasteiger partial charge in [0.1, 0.15) is 30.3 Å². The van der Waals surface area contributed by atoms with Gasteiger partial charge in [-0.3, -0.25) is 4.79 Å². The molecule has 0 spiro atoms. The first-order chi connectivity index (χ1) is 16.4. The van der Waals surface area contributed by atoms with Crippen molar-refractivity contribution < 1.29 is 24.2 Å². The van der Waals surface area contributed by atoms with E-state index in [0.717, 1.165) is 14.8 Å². The number of urea groups is 1. The Hall–Kier alpha value is -2.96. The Morgan fingerprint density at radius 2 is 1.85 bits per heavy atom. The second-order valence-electron chi connectivity index (χ2n) is 7.81. The second kappa shape index (κ2) is 10.5. The highest BCUT2D eigenvalue weighted by atomic mass is 127. The van der Waals surface area contributed by atoms with Crippen LogP contribution in [-0.4, -0.2) is 58.3 Å². The number of halogens is 1. The lowest BCUT2D eigenvalue weighted by Crippen LogP contribution is -2.41. The first-order valence-electron chi connectivity index (χ1n) is 10.7. The molecule has 1 aromatic heterocycles. The van der Waals surface area contributed by atoms with Crippen LogP contribution in [0.3, 0.4) is 0 Å². The summed E-state index contributed by atoms with van der Waals surface area (Å²) in [6.45, 7) is 1.88. The largest absolute Gasteiger partial charge is 0.491 e. The number of hydrogen-bond acceptors (Lipinski definition) is 6. The normalized spacial score (nSPS) is 17.5. The van der Waals surface area contributed by atoms with E-state index in [4.69, 9.17) is 14.6 Å². The van der Waals surface area contributed by atoms with Crippen molar-refractivity contribution >= 4 is 34.5 Å². The van der Waals surface area contributed by atoms with Crippen molar-refractivity contribution in [3.05, 3.63) is 69.7 Å². The number of carbonyl (C=O) groups is 2. The highest BCUT2D eigenvalue weighted by Gasteiger charge is 2.46. The second-order valence-corrected chi connectivity index (χ2v) is 9.05. The summed E-state index contributed by atoms with van der Waals surface area (Å²) < 4.78 is 12.0. The fourth-order valence-electron chi connectivity index (χ4n) is 3.85. The number of aromatic nitrogens is 2. The molecule has 1 unspecified atom stereocenters. The van der Waals surface area contributed by atoms with E-state index in [9.17, 15) is 9.59 Å². The number of amides is 3. The number of carbonyl (C=O) groups excluding carboxylic acids is 2. The third-order valence-corrected chi connectivity index (χ3v) is 6.39. The van der Waals surface area contributed by atoms with Crippen LogP contribution in [-0.2, 0) is 9.53 Å². The fraction of sp³-hybridized carbons (Fsp3) is 0.292. The van der Waals surface area contributed by atoms with Crippen LogP contribution in [0.25, 0.3) is 11.3 Å². The highest BCUT2D eigenvalue weighted by Crippen LogP contribution is 2.33. The van der Waals surface area contributed by atoms with Crippen LogP contribution in [0.2, 0.25) is 0 Å². The summed E-state index contributed by atoms with van der Waals surface area (Å²) in [5, 5.41) is 11.7. The Balaban J connectivity index is 1.60. The van der Waals surface area contributed by atoms with Gasteiger partial charge in [0.2, 0.25) is 0 Å². The van der Waals surface area contributed by atoms with Crippen LogP contribution < -0.4 is 10.1 Å². The summed E-state index contributed by atoms with van der Waals surface area (Å²) >= 11 is 2.24. The predicted molar refractivity (Wildman–Crippen MR) is 133 cm³/mol. The fourth-order valence-corrected chi connectivity index (χ4v) is 4.21. The molecule has 4 rings (SSSR count). The van der Waals surface area contributed by atoms with Gasteiger partial charge in [-0.25, -0.2) is 14.7 Å². The minimum atomic E-state index is -0.837. The van der Waals surface area contributed by atoms with E-state index in [1.807, 2.05) is 24.3 Å². The molecular weight excluding hydrogens is 551 g/mol. The van der Waals surface area contributed by atoms with Crippen molar-refractivity contribution in [3.63, 3.8) is 0 Å². The molecule has 3 atom stereocenters. The molecule has 1 aliphatic rings. The van der Waals surface area contributed by atoms with Gasteiger partial charge in [-0.05, 0) is 64.9 Å². The molecule has 3 aromatic rings. The molecule has 178 valence electrons. The Morgan fingerprint density at radius 1 is 1.15 bits per heavy atom. The van der Waals surface area contributed by atoms with Crippen LogP contribution >= 0.6 is 22.6 Å². The third-order valence-electron chi connectivity index (χ3n) is 5.67. The third kappa shape index (κ3) is 4.93. The molecule has 1 aliphatic heterocycles. The van der Waals surface area contributed by atoms with Gasteiger partial charge in [-0.2, -0.15) is 0 Å². The van der Waals surface area contributed by atoms with E-state index in [0.29, 0.717) is 17.1 Å². The van der Waals surface area contributed by atoms with Gasteiger partial charge >= 0.3 is 6.03 Å². The van der Waals surface area contributed by atoms with Crippen molar-refractivity contribution in [1.82, 2.24) is 20.2 Å². The van der Waals surface area contributed by atoms with Gasteiger partial charge in [-0.15, -0.1) is 0 Å². The van der Waals surface area contributed by atoms with Gasteiger partial charge in [0, 0.05) is 10.7 Å². The van der Waals surface area contributed by atoms with E-state index < -0.39 is 30.1 Å². The molecule has 3 N–H and O–H groups in total. The molecule has 0 radical (unpaired) electrons. The molecule has 1 fully saturated rings. The number of rotatable bonds is 9. The zero-order valence-corrected chi connectivity index (χ0v) is 20.9. The number of hydrogen-bond donors (Lipinski definition) is 3. The number of benzene rings is 2. The molecule has 2 heterocycles. The maximum absolute atomic E-state index is 13.4. The van der Waals surface area contributed by atoms with E-state index in [1.54, 1.807) is 37.4 Å². The molecule has 9 nitrogen and oxygen atoms in total. The Morgan fingerprint density at radius 3 is 2.50 bits per heavy atom. The molecule has 0 aliphatic carbocycles. The van der Waals surface area contributed by atoms with Gasteiger partial charge in [0.25, 0.3) is 5.91 Å². The first kappa shape index (κ1) is 24.2. The topological polar surface area (TPSA) is 117 Å². The van der Waals surface area contributed by atoms with E-state index in [-0.39, 0.29) is 13.2 Å². The smallest absolute Gasteiger partial charge is 0.325 e. The molecule has 1 saturated heterocycles. The van der Waals surface area contributed by atoms with Crippen LogP contribution in [0.15, 0.2) is 54.7 Å². The Labute approximate surface area is 210 Å². The summed E-state index contributed by atoms with van der Waals surface area (Å²) in [7, 11) is 1.53. The summed E-state index contributed by atoms with van der Waals surface area (Å²) in [6, 6.07) is 12.7. The van der Waals surface area contributed by atoms with Crippen LogP contribution in [0.1, 0.15) is 30.4 Å². The van der Waals surface area contributed by atoms with Gasteiger partial charge < -0.3 is 24.9 Å². The van der Waals surface area contributed by atoms with Crippen molar-refractivity contribution in [1.29, 1.82) is 0 Å². The number of nitrogens with zero attached hydrogens (tertiary/aromatic N) is 2. The van der Waals surface area contributed by atoms with E-state index >= 15 is 0 Å². The lowest BCUT2D eigenvalue weighted by molar-refractivity contribution is -0.131. The number of aliphatic hydroxyl groups is 1. The zero-order chi connectivity index (χ0) is 24.2. The maximum atomic E-state index is 13.4. The van der Waals surface area contributed by atoms with Crippen LogP contribution in [0.5, 0.6) is 5.75 Å². The number of aromatic amines is 1. The molecule has 34 heavy (non-hydrogen) atoms. The summed E-state index contributed by atoms with van der Waals surface area (Å²) in [6.07, 6.45) is 1.19. The standard InChI is InChI=1S/C24H25IN4O5/c1-14(33-2)21(22-26-13-19(27-22)15-3-7-17(25)8-4-15)29-23(31)20(28-24(29)32)16-5-9-18(10-6-16)34-12-11-30/h3-10,13-14,20-21,30H,11-12H2,1-2H3,(H,26,27)(H,28,32)/t14-,20?,21+/m1/s1. The number of imide groups is 1. The number of ether oxygens (including phenoxy) is 2. The number of aliphatic hydroxyl groups excluding tert-OH is 1. The summed E-state index contributed by atoms with van der Waals surface area (Å²) in [4.78, 5) is 35.3. The molecule has 2 aromatic carbocycles. The summed E-state index contributed by atoms with van der Waals surface area (Å²) in [5.41, 5.74) is 2.35. The van der Waals surface area contributed by atoms with Gasteiger partial charge in [-0.1, -0.05) is 24.3 Å². The van der Waals surface area contributed by atoms with E-state index in [2.05, 4.69) is 37.9 Å². The molecule has 0 bridgehead atoms. The molecule has 3 amide bonds. The summed E-state index contributed by atoms with van der Waals surface area (Å²) in [5.74, 6) is 0.631. The van der Waals surface area contributed by atoms with Crippen molar-refractivity contribution in [2.75, 3.05) is 20.3 Å². The average molecular weight is 576 g/mol. The van der Waals surface area contributed by atoms with E-state index in [1.165, 1.54) is 12.0 Å². The highest BCUT2D eigenvalue weighted by molar-refractivity contribution is 14.1. The van der Waals surface area contributed by atoms with Crippen LogP contribution in [0, 0.1) is 3.57 Å². The Bertz CT molecular complexity index is 1150. The van der Waals surface area contributed by atoms with Gasteiger partial charge in [0.05, 0.1) is 24.6 Å². The SMILES string of the molecule is CO[C@H](C)[C@@H](c1ncc(-c2ccc(I)cc2)[nH]1)N1C(=O)NC(c2ccc(OCCO)cc2)C1=O.